The summed E-state index contributed by atoms with van der Waals surface area (Å²) in [5.74, 6) is -1.80. The fourth-order valence-corrected chi connectivity index (χ4v) is 5.09. The zero-order valence-corrected chi connectivity index (χ0v) is 21.8. The van der Waals surface area contributed by atoms with Gasteiger partial charge in [-0.2, -0.15) is 0 Å². The van der Waals surface area contributed by atoms with Crippen LogP contribution in [-0.2, 0) is 14.3 Å². The van der Waals surface area contributed by atoms with E-state index < -0.39 is 23.7 Å². The van der Waals surface area contributed by atoms with Gasteiger partial charge < -0.3 is 19.3 Å². The molecule has 0 aliphatic carbocycles. The molecule has 2 heterocycles. The van der Waals surface area contributed by atoms with Crippen molar-refractivity contribution in [2.24, 2.45) is 0 Å². The highest BCUT2D eigenvalue weighted by atomic mass is 32.1. The van der Waals surface area contributed by atoms with E-state index in [0.29, 0.717) is 28.3 Å². The smallest absolute Gasteiger partial charge is 0.350 e. The lowest BCUT2D eigenvalue weighted by Crippen LogP contribution is -2.29. The molecule has 1 aliphatic heterocycles. The molecule has 37 heavy (non-hydrogen) atoms. The molecular formula is C27H26N2O7S. The molecule has 1 fully saturated rings. The number of esters is 1. The molecule has 1 aromatic heterocycles. The van der Waals surface area contributed by atoms with Crippen molar-refractivity contribution in [3.05, 3.63) is 75.3 Å². The Hall–Kier alpha value is -4.18. The molecule has 1 atom stereocenters. The molecule has 1 unspecified atom stereocenters. The van der Waals surface area contributed by atoms with Gasteiger partial charge in [0.2, 0.25) is 0 Å². The Morgan fingerprint density at radius 3 is 2.35 bits per heavy atom. The van der Waals surface area contributed by atoms with Gasteiger partial charge in [-0.1, -0.05) is 47.2 Å². The molecule has 1 aliphatic rings. The summed E-state index contributed by atoms with van der Waals surface area (Å²) in [7, 11) is 2.97. The summed E-state index contributed by atoms with van der Waals surface area (Å²) in [5, 5.41) is 11.4. The Morgan fingerprint density at radius 2 is 1.73 bits per heavy atom. The number of anilines is 1. The van der Waals surface area contributed by atoms with Gasteiger partial charge in [0.15, 0.2) is 16.6 Å². The third-order valence-corrected chi connectivity index (χ3v) is 7.08. The van der Waals surface area contributed by atoms with Gasteiger partial charge >= 0.3 is 11.9 Å². The highest BCUT2D eigenvalue weighted by Gasteiger charge is 2.48. The number of Topliss-reactive ketones (excluding diaryl/α,β-unsaturated/α-hetero) is 1. The van der Waals surface area contributed by atoms with E-state index in [1.165, 1.54) is 19.1 Å². The van der Waals surface area contributed by atoms with Gasteiger partial charge in [0, 0.05) is 5.56 Å². The number of benzene rings is 2. The van der Waals surface area contributed by atoms with Crippen LogP contribution in [0.2, 0.25) is 0 Å². The molecule has 1 amide bonds. The molecule has 2 aromatic carbocycles. The van der Waals surface area contributed by atoms with Crippen LogP contribution in [0.1, 0.15) is 45.0 Å². The molecular weight excluding hydrogens is 496 g/mol. The fourth-order valence-electron chi connectivity index (χ4n) is 4.11. The zero-order chi connectivity index (χ0) is 26.9. The minimum atomic E-state index is -1.04. The first-order valence-corrected chi connectivity index (χ1v) is 12.3. The first kappa shape index (κ1) is 25.9. The van der Waals surface area contributed by atoms with E-state index in [1.807, 2.05) is 6.92 Å². The first-order chi connectivity index (χ1) is 17.7. The standard InChI is InChI=1S/C27H26N2O7S/c1-6-36-26(33)24-15(3)28-27(37-24)29-21(17-11-12-18(34-4)19(13-17)35-5)20(23(31)25(29)32)22(30)16-9-7-14(2)8-10-16/h7-13,21,30H,6H2,1-5H3/b22-20+. The van der Waals surface area contributed by atoms with Crippen LogP contribution in [0, 0.1) is 13.8 Å². The number of thiazole rings is 1. The van der Waals surface area contributed by atoms with Crippen molar-refractivity contribution in [2.45, 2.75) is 26.8 Å². The number of nitrogens with zero attached hydrogens (tertiary/aromatic N) is 2. The van der Waals surface area contributed by atoms with Gasteiger partial charge in [0.05, 0.1) is 38.1 Å². The Morgan fingerprint density at radius 1 is 1.05 bits per heavy atom. The number of rotatable bonds is 7. The van der Waals surface area contributed by atoms with Crippen molar-refractivity contribution in [3.8, 4) is 11.5 Å². The highest BCUT2D eigenvalue weighted by Crippen LogP contribution is 2.45. The maximum absolute atomic E-state index is 13.4. The van der Waals surface area contributed by atoms with E-state index >= 15 is 0 Å². The summed E-state index contributed by atoms with van der Waals surface area (Å²) in [6, 6.07) is 10.9. The number of hydrogen-bond donors (Lipinski definition) is 1. The highest BCUT2D eigenvalue weighted by molar-refractivity contribution is 7.17. The normalized spacial score (nSPS) is 16.7. The van der Waals surface area contributed by atoms with Crippen LogP contribution in [0.4, 0.5) is 5.13 Å². The SMILES string of the molecule is CCOC(=O)c1sc(N2C(=O)C(=O)/C(=C(/O)c3ccc(C)cc3)C2c2ccc(OC)c(OC)c2)nc1C. The number of aliphatic hydroxyl groups is 1. The van der Waals surface area contributed by atoms with Crippen molar-refractivity contribution in [1.29, 1.82) is 0 Å². The summed E-state index contributed by atoms with van der Waals surface area (Å²) >= 11 is 0.945. The molecule has 192 valence electrons. The monoisotopic (exact) mass is 522 g/mol. The fraction of sp³-hybridized carbons (Fsp3) is 0.259. The number of carbonyl (C=O) groups is 3. The van der Waals surface area contributed by atoms with E-state index in [1.54, 1.807) is 56.3 Å². The first-order valence-electron chi connectivity index (χ1n) is 11.5. The average Bonchev–Trinajstić information content (AvgIpc) is 3.40. The van der Waals surface area contributed by atoms with Crippen molar-refractivity contribution >= 4 is 39.9 Å². The lowest BCUT2D eigenvalue weighted by molar-refractivity contribution is -0.132. The van der Waals surface area contributed by atoms with Crippen LogP contribution in [-0.4, -0.2) is 48.6 Å². The Balaban J connectivity index is 1.94. The number of aromatic nitrogens is 1. The van der Waals surface area contributed by atoms with Crippen LogP contribution in [0.5, 0.6) is 11.5 Å². The van der Waals surface area contributed by atoms with Crippen molar-refractivity contribution in [1.82, 2.24) is 4.98 Å². The largest absolute Gasteiger partial charge is 0.507 e. The van der Waals surface area contributed by atoms with E-state index in [-0.39, 0.29) is 27.9 Å². The zero-order valence-electron chi connectivity index (χ0n) is 21.0. The number of ether oxygens (including phenoxy) is 3. The van der Waals surface area contributed by atoms with E-state index in [9.17, 15) is 19.5 Å². The minimum Gasteiger partial charge on any atom is -0.507 e. The predicted molar refractivity (Wildman–Crippen MR) is 138 cm³/mol. The van der Waals surface area contributed by atoms with Crippen molar-refractivity contribution in [2.75, 3.05) is 25.7 Å². The van der Waals surface area contributed by atoms with Crippen LogP contribution < -0.4 is 14.4 Å². The van der Waals surface area contributed by atoms with Gasteiger partial charge in [-0.3, -0.25) is 14.5 Å². The average molecular weight is 523 g/mol. The molecule has 4 rings (SSSR count). The lowest BCUT2D eigenvalue weighted by Gasteiger charge is -2.23. The summed E-state index contributed by atoms with van der Waals surface area (Å²) in [4.78, 5) is 45.1. The van der Waals surface area contributed by atoms with Crippen LogP contribution in [0.25, 0.3) is 5.76 Å². The van der Waals surface area contributed by atoms with Gasteiger partial charge in [-0.25, -0.2) is 9.78 Å². The van der Waals surface area contributed by atoms with E-state index in [0.717, 1.165) is 16.9 Å². The van der Waals surface area contributed by atoms with Crippen LogP contribution >= 0.6 is 11.3 Å². The summed E-state index contributed by atoms with van der Waals surface area (Å²) in [6.45, 7) is 5.40. The topological polar surface area (TPSA) is 115 Å². The van der Waals surface area contributed by atoms with Gasteiger partial charge in [0.25, 0.3) is 5.78 Å². The van der Waals surface area contributed by atoms with Crippen LogP contribution in [0.3, 0.4) is 0 Å². The number of ketones is 1. The molecule has 9 nitrogen and oxygen atoms in total. The molecule has 1 N–H and O–H groups in total. The molecule has 1 saturated heterocycles. The third kappa shape index (κ3) is 4.67. The van der Waals surface area contributed by atoms with Crippen LogP contribution in [0.15, 0.2) is 48.0 Å². The summed E-state index contributed by atoms with van der Waals surface area (Å²) in [6.07, 6.45) is 0. The second kappa shape index (κ2) is 10.4. The van der Waals surface area contributed by atoms with Gasteiger partial charge in [0.1, 0.15) is 10.6 Å². The number of methoxy groups -OCH3 is 2. The maximum Gasteiger partial charge on any atom is 0.350 e. The molecule has 0 radical (unpaired) electrons. The van der Waals surface area contributed by atoms with Crippen molar-refractivity contribution in [3.63, 3.8) is 0 Å². The second-order valence-electron chi connectivity index (χ2n) is 8.28. The molecule has 0 bridgehead atoms. The summed E-state index contributed by atoms with van der Waals surface area (Å²) in [5.41, 5.74) is 2.10. The van der Waals surface area contributed by atoms with Gasteiger partial charge in [-0.15, -0.1) is 0 Å². The molecule has 10 heteroatoms. The number of aryl methyl sites for hydroxylation is 2. The van der Waals surface area contributed by atoms with Gasteiger partial charge in [-0.05, 0) is 38.5 Å². The number of amides is 1. The lowest BCUT2D eigenvalue weighted by atomic mass is 9.95. The number of carbonyl (C=O) groups excluding carboxylic acids is 3. The maximum atomic E-state index is 13.4. The molecule has 0 saturated carbocycles. The molecule has 0 spiro atoms. The number of aliphatic hydroxyl groups excluding tert-OH is 1. The Labute approximate surface area is 217 Å². The summed E-state index contributed by atoms with van der Waals surface area (Å²) < 4.78 is 15.9. The quantitative estimate of drug-likeness (QED) is 0.208. The Kier molecular flexibility index (Phi) is 7.30. The third-order valence-electron chi connectivity index (χ3n) is 5.94. The molecule has 3 aromatic rings. The van der Waals surface area contributed by atoms with Crippen molar-refractivity contribution < 1.29 is 33.7 Å². The predicted octanol–water partition coefficient (Wildman–Crippen LogP) is 4.58. The minimum absolute atomic E-state index is 0.105. The van der Waals surface area contributed by atoms with E-state index in [2.05, 4.69) is 4.98 Å². The van der Waals surface area contributed by atoms with E-state index in [4.69, 9.17) is 14.2 Å². The second-order valence-corrected chi connectivity index (χ2v) is 9.26. The number of hydrogen-bond acceptors (Lipinski definition) is 9. The Bertz CT molecular complexity index is 1410.